The maximum Gasteiger partial charge on any atom is 0.327 e. The molecular formula is C12H16BrNO2. The molecule has 0 saturated heterocycles. The zero-order chi connectivity index (χ0) is 12.0. The molecule has 0 radical (unpaired) electrons. The minimum absolute atomic E-state index is 0.230. The van der Waals surface area contributed by atoms with Crippen LogP contribution in [-0.4, -0.2) is 19.1 Å². The summed E-state index contributed by atoms with van der Waals surface area (Å²) in [5.41, 5.74) is 0.920. The van der Waals surface area contributed by atoms with Gasteiger partial charge in [0.1, 0.15) is 6.04 Å². The number of esters is 1. The van der Waals surface area contributed by atoms with Crippen LogP contribution in [0.5, 0.6) is 0 Å². The average Bonchev–Trinajstić information content (AvgIpc) is 2.28. The number of hydrogen-bond donors (Lipinski definition) is 1. The number of carbonyl (C=O) groups excluding carboxylic acids is 1. The fraction of sp³-hybridized carbons (Fsp3) is 0.417. The first kappa shape index (κ1) is 13.2. The van der Waals surface area contributed by atoms with E-state index in [9.17, 15) is 4.79 Å². The van der Waals surface area contributed by atoms with Crippen LogP contribution in [0.4, 0.5) is 0 Å². The summed E-state index contributed by atoms with van der Waals surface area (Å²) in [6.07, 6.45) is 0. The first-order valence-electron chi connectivity index (χ1n) is 5.34. The maximum atomic E-state index is 11.7. The van der Waals surface area contributed by atoms with Crippen LogP contribution in [0.25, 0.3) is 0 Å². The van der Waals surface area contributed by atoms with Crippen molar-refractivity contribution in [2.45, 2.75) is 19.9 Å². The molecule has 16 heavy (non-hydrogen) atoms. The molecule has 0 heterocycles. The molecule has 0 saturated carbocycles. The highest BCUT2D eigenvalue weighted by molar-refractivity contribution is 9.10. The van der Waals surface area contributed by atoms with Crippen LogP contribution in [0.2, 0.25) is 0 Å². The molecule has 4 heteroatoms. The van der Waals surface area contributed by atoms with Crippen molar-refractivity contribution in [3.05, 3.63) is 34.3 Å². The smallest absolute Gasteiger partial charge is 0.327 e. The highest BCUT2D eigenvalue weighted by Gasteiger charge is 2.20. The van der Waals surface area contributed by atoms with Crippen molar-refractivity contribution in [3.63, 3.8) is 0 Å². The first-order valence-corrected chi connectivity index (χ1v) is 6.13. The van der Waals surface area contributed by atoms with E-state index >= 15 is 0 Å². The molecule has 0 amide bonds. The Kier molecular flexibility index (Phi) is 5.49. The Hall–Kier alpha value is -0.870. The summed E-state index contributed by atoms with van der Waals surface area (Å²) in [7, 11) is 0. The van der Waals surface area contributed by atoms with Crippen LogP contribution in [-0.2, 0) is 9.53 Å². The molecule has 1 aromatic rings. The number of halogens is 1. The molecule has 1 rings (SSSR count). The third kappa shape index (κ3) is 3.61. The predicted molar refractivity (Wildman–Crippen MR) is 67.2 cm³/mol. The van der Waals surface area contributed by atoms with Crippen LogP contribution >= 0.6 is 15.9 Å². The van der Waals surface area contributed by atoms with E-state index in [1.165, 1.54) is 0 Å². The van der Waals surface area contributed by atoms with Crippen molar-refractivity contribution in [2.75, 3.05) is 13.2 Å². The summed E-state index contributed by atoms with van der Waals surface area (Å²) in [6, 6.07) is 7.28. The largest absolute Gasteiger partial charge is 0.465 e. The van der Waals surface area contributed by atoms with Crippen molar-refractivity contribution >= 4 is 21.9 Å². The monoisotopic (exact) mass is 285 g/mol. The van der Waals surface area contributed by atoms with Gasteiger partial charge >= 0.3 is 5.97 Å². The van der Waals surface area contributed by atoms with Crippen molar-refractivity contribution in [3.8, 4) is 0 Å². The quantitative estimate of drug-likeness (QED) is 0.846. The molecule has 0 aromatic heterocycles. The van der Waals surface area contributed by atoms with Gasteiger partial charge in [-0.1, -0.05) is 35.0 Å². The average molecular weight is 286 g/mol. The first-order chi connectivity index (χ1) is 7.69. The molecule has 1 N–H and O–H groups in total. The topological polar surface area (TPSA) is 38.3 Å². The van der Waals surface area contributed by atoms with Crippen molar-refractivity contribution < 1.29 is 9.53 Å². The summed E-state index contributed by atoms with van der Waals surface area (Å²) in [4.78, 5) is 11.7. The van der Waals surface area contributed by atoms with Crippen LogP contribution < -0.4 is 5.32 Å². The molecule has 0 aliphatic rings. The number of carbonyl (C=O) groups is 1. The molecule has 1 unspecified atom stereocenters. The molecule has 0 spiro atoms. The summed E-state index contributed by atoms with van der Waals surface area (Å²) in [5, 5.41) is 3.11. The summed E-state index contributed by atoms with van der Waals surface area (Å²) >= 11 is 3.36. The van der Waals surface area contributed by atoms with Gasteiger partial charge in [0.05, 0.1) is 6.61 Å². The van der Waals surface area contributed by atoms with E-state index in [2.05, 4.69) is 21.2 Å². The van der Waals surface area contributed by atoms with Gasteiger partial charge in [-0.25, -0.2) is 4.79 Å². The minimum Gasteiger partial charge on any atom is -0.465 e. The molecule has 1 atom stereocenters. The second kappa shape index (κ2) is 6.66. The molecular weight excluding hydrogens is 270 g/mol. The van der Waals surface area contributed by atoms with Crippen molar-refractivity contribution in [1.29, 1.82) is 0 Å². The number of nitrogens with one attached hydrogen (secondary N) is 1. The van der Waals surface area contributed by atoms with Gasteiger partial charge in [0.25, 0.3) is 0 Å². The molecule has 88 valence electrons. The number of likely N-dealkylation sites (N-methyl/N-ethyl adjacent to an activating group) is 1. The van der Waals surface area contributed by atoms with Crippen molar-refractivity contribution in [1.82, 2.24) is 5.32 Å². The fourth-order valence-electron chi connectivity index (χ4n) is 1.42. The van der Waals surface area contributed by atoms with E-state index < -0.39 is 0 Å². The lowest BCUT2D eigenvalue weighted by Gasteiger charge is -2.16. The zero-order valence-corrected chi connectivity index (χ0v) is 11.1. The Bertz CT molecular complexity index is 337. The second-order valence-corrected chi connectivity index (χ2v) is 4.21. The number of hydrogen-bond acceptors (Lipinski definition) is 3. The minimum atomic E-state index is -0.377. The lowest BCUT2D eigenvalue weighted by Crippen LogP contribution is -2.30. The third-order valence-corrected chi connectivity index (χ3v) is 2.66. The van der Waals surface area contributed by atoms with Gasteiger partial charge in [-0.2, -0.15) is 0 Å². The van der Waals surface area contributed by atoms with Crippen LogP contribution in [0.3, 0.4) is 0 Å². The Labute approximate surface area is 104 Å². The van der Waals surface area contributed by atoms with Crippen LogP contribution in [0, 0.1) is 0 Å². The Morgan fingerprint density at radius 1 is 1.38 bits per heavy atom. The Morgan fingerprint density at radius 3 is 2.50 bits per heavy atom. The van der Waals surface area contributed by atoms with Crippen LogP contribution in [0.1, 0.15) is 25.5 Å². The Morgan fingerprint density at radius 2 is 2.00 bits per heavy atom. The van der Waals surface area contributed by atoms with E-state index in [4.69, 9.17) is 4.74 Å². The summed E-state index contributed by atoms with van der Waals surface area (Å²) in [6.45, 7) is 4.89. The Balaban J connectivity index is 2.84. The van der Waals surface area contributed by atoms with Gasteiger partial charge in [-0.3, -0.25) is 0 Å². The highest BCUT2D eigenvalue weighted by atomic mass is 79.9. The number of ether oxygens (including phenoxy) is 1. The second-order valence-electron chi connectivity index (χ2n) is 3.29. The molecule has 1 aromatic carbocycles. The summed E-state index contributed by atoms with van der Waals surface area (Å²) in [5.74, 6) is -0.230. The lowest BCUT2D eigenvalue weighted by molar-refractivity contribution is -0.145. The molecule has 0 fully saturated rings. The maximum absolute atomic E-state index is 11.7. The van der Waals surface area contributed by atoms with Gasteiger partial charge < -0.3 is 10.1 Å². The number of rotatable bonds is 5. The van der Waals surface area contributed by atoms with E-state index in [1.807, 2.05) is 38.1 Å². The normalized spacial score (nSPS) is 12.2. The highest BCUT2D eigenvalue weighted by Crippen LogP contribution is 2.18. The molecule has 0 bridgehead atoms. The van der Waals surface area contributed by atoms with E-state index in [-0.39, 0.29) is 12.0 Å². The predicted octanol–water partition coefficient (Wildman–Crippen LogP) is 2.66. The van der Waals surface area contributed by atoms with E-state index in [0.29, 0.717) is 6.61 Å². The third-order valence-electron chi connectivity index (χ3n) is 2.13. The number of benzene rings is 1. The van der Waals surface area contributed by atoms with E-state index in [0.717, 1.165) is 16.6 Å². The van der Waals surface area contributed by atoms with E-state index in [1.54, 1.807) is 0 Å². The molecule has 0 aliphatic carbocycles. The lowest BCUT2D eigenvalue weighted by atomic mass is 10.1. The van der Waals surface area contributed by atoms with Crippen LogP contribution in [0.15, 0.2) is 28.7 Å². The fourth-order valence-corrected chi connectivity index (χ4v) is 1.69. The molecule has 0 aliphatic heterocycles. The molecule has 3 nitrogen and oxygen atoms in total. The standard InChI is InChI=1S/C12H16BrNO2/c1-3-14-11(12(15)16-4-2)9-5-7-10(13)8-6-9/h5-8,11,14H,3-4H2,1-2H3. The summed E-state index contributed by atoms with van der Waals surface area (Å²) < 4.78 is 6.02. The van der Waals surface area contributed by atoms with Gasteiger partial charge in [0.2, 0.25) is 0 Å². The zero-order valence-electron chi connectivity index (χ0n) is 9.50. The van der Waals surface area contributed by atoms with Gasteiger partial charge in [0, 0.05) is 4.47 Å². The SMILES string of the molecule is CCNC(C(=O)OCC)c1ccc(Br)cc1. The van der Waals surface area contributed by atoms with Gasteiger partial charge in [-0.15, -0.1) is 0 Å². The van der Waals surface area contributed by atoms with Gasteiger partial charge in [0.15, 0.2) is 0 Å². The van der Waals surface area contributed by atoms with Crippen molar-refractivity contribution in [2.24, 2.45) is 0 Å². The van der Waals surface area contributed by atoms with Gasteiger partial charge in [-0.05, 0) is 31.2 Å².